The second-order valence-corrected chi connectivity index (χ2v) is 2.90. The number of halogens is 3. The lowest BCUT2D eigenvalue weighted by Gasteiger charge is -2.08. The Balaban J connectivity index is 2.95. The highest BCUT2D eigenvalue weighted by Gasteiger charge is 2.14. The summed E-state index contributed by atoms with van der Waals surface area (Å²) in [6.45, 7) is -3.01. The normalized spacial score (nSPS) is 10.4. The third-order valence-corrected chi connectivity index (χ3v) is 1.87. The number of ether oxygens (including phenoxy) is 1. The summed E-state index contributed by atoms with van der Waals surface area (Å²) in [4.78, 5) is 14.0. The van der Waals surface area contributed by atoms with Crippen LogP contribution in [-0.2, 0) is 11.2 Å². The molecule has 0 bridgehead atoms. The van der Waals surface area contributed by atoms with Crippen molar-refractivity contribution in [3.05, 3.63) is 23.0 Å². The fraction of sp³-hybridized carbons (Fsp3) is 0.250. The highest BCUT2D eigenvalue weighted by atomic mass is 35.5. The van der Waals surface area contributed by atoms with E-state index in [0.29, 0.717) is 0 Å². The standard InChI is InChI=1S/C8H6ClF2NO3/c9-7-4(3-6(13)14)12-2-1-5(7)15-8(10)11/h1-2,8H,3H2,(H,13,14). The topological polar surface area (TPSA) is 59.4 Å². The molecule has 1 aromatic rings. The van der Waals surface area contributed by atoms with Crippen LogP contribution in [0.3, 0.4) is 0 Å². The van der Waals surface area contributed by atoms with Crippen molar-refractivity contribution in [1.82, 2.24) is 4.98 Å². The summed E-state index contributed by atoms with van der Waals surface area (Å²) in [7, 11) is 0. The Hall–Kier alpha value is -1.43. The largest absolute Gasteiger partial charge is 0.481 e. The van der Waals surface area contributed by atoms with Gasteiger partial charge in [0.05, 0.1) is 12.1 Å². The van der Waals surface area contributed by atoms with Crippen LogP contribution in [0.4, 0.5) is 8.78 Å². The van der Waals surface area contributed by atoms with Crippen LogP contribution in [0.1, 0.15) is 5.69 Å². The lowest BCUT2D eigenvalue weighted by Crippen LogP contribution is -2.06. The van der Waals surface area contributed by atoms with Crippen molar-refractivity contribution in [3.8, 4) is 5.75 Å². The van der Waals surface area contributed by atoms with Crippen molar-refractivity contribution in [2.75, 3.05) is 0 Å². The first-order valence-electron chi connectivity index (χ1n) is 3.80. The fourth-order valence-electron chi connectivity index (χ4n) is 0.920. The number of hydrogen-bond donors (Lipinski definition) is 1. The Morgan fingerprint density at radius 1 is 1.67 bits per heavy atom. The Morgan fingerprint density at radius 3 is 2.87 bits per heavy atom. The zero-order chi connectivity index (χ0) is 11.4. The minimum absolute atomic E-state index is 0.0117. The average molecular weight is 238 g/mol. The number of carbonyl (C=O) groups is 1. The molecule has 7 heteroatoms. The van der Waals surface area contributed by atoms with Gasteiger partial charge in [0.2, 0.25) is 0 Å². The van der Waals surface area contributed by atoms with Crippen LogP contribution < -0.4 is 4.74 Å². The number of carboxylic acids is 1. The molecule has 1 rings (SSSR count). The molecular weight excluding hydrogens is 232 g/mol. The highest BCUT2D eigenvalue weighted by molar-refractivity contribution is 6.32. The Labute approximate surface area is 88.4 Å². The summed E-state index contributed by atoms with van der Waals surface area (Å²) < 4.78 is 27.8. The molecule has 1 N–H and O–H groups in total. The van der Waals surface area contributed by atoms with Gasteiger partial charge in [0.25, 0.3) is 0 Å². The third-order valence-electron chi connectivity index (χ3n) is 1.46. The summed E-state index contributed by atoms with van der Waals surface area (Å²) in [6.07, 6.45) is 0.709. The van der Waals surface area contributed by atoms with Gasteiger partial charge in [-0.25, -0.2) is 0 Å². The zero-order valence-corrected chi connectivity index (χ0v) is 8.04. The van der Waals surface area contributed by atoms with Crippen molar-refractivity contribution in [2.45, 2.75) is 13.0 Å². The Bertz CT molecular complexity index is 373. The van der Waals surface area contributed by atoms with Crippen molar-refractivity contribution in [1.29, 1.82) is 0 Å². The number of hydrogen-bond acceptors (Lipinski definition) is 3. The van der Waals surface area contributed by atoms with E-state index in [0.717, 1.165) is 12.3 Å². The van der Waals surface area contributed by atoms with Gasteiger partial charge >= 0.3 is 12.6 Å². The molecule has 0 unspecified atom stereocenters. The number of pyridine rings is 1. The molecule has 0 aliphatic carbocycles. The van der Waals surface area contributed by atoms with Crippen LogP contribution in [0.25, 0.3) is 0 Å². The van der Waals surface area contributed by atoms with E-state index in [9.17, 15) is 13.6 Å². The molecule has 0 aliphatic rings. The number of alkyl halides is 2. The minimum atomic E-state index is -3.01. The molecule has 15 heavy (non-hydrogen) atoms. The van der Waals surface area contributed by atoms with E-state index in [1.54, 1.807) is 0 Å². The summed E-state index contributed by atoms with van der Waals surface area (Å²) in [6, 6.07) is 1.14. The summed E-state index contributed by atoms with van der Waals surface area (Å²) >= 11 is 5.61. The molecule has 0 saturated carbocycles. The predicted octanol–water partition coefficient (Wildman–Crippen LogP) is 1.96. The number of carboxylic acid groups (broad SMARTS) is 1. The summed E-state index contributed by atoms with van der Waals surface area (Å²) in [5, 5.41) is 8.27. The van der Waals surface area contributed by atoms with Crippen molar-refractivity contribution in [3.63, 3.8) is 0 Å². The molecule has 0 amide bonds. The van der Waals surface area contributed by atoms with Crippen molar-refractivity contribution in [2.24, 2.45) is 0 Å². The maximum Gasteiger partial charge on any atom is 0.387 e. The monoisotopic (exact) mass is 237 g/mol. The first-order valence-corrected chi connectivity index (χ1v) is 4.18. The van der Waals surface area contributed by atoms with Crippen molar-refractivity contribution >= 4 is 17.6 Å². The van der Waals surface area contributed by atoms with E-state index in [2.05, 4.69) is 9.72 Å². The molecule has 0 atom stereocenters. The van der Waals surface area contributed by atoms with Gasteiger partial charge in [-0.3, -0.25) is 9.78 Å². The van der Waals surface area contributed by atoms with E-state index in [1.807, 2.05) is 0 Å². The van der Waals surface area contributed by atoms with Crippen LogP contribution >= 0.6 is 11.6 Å². The third kappa shape index (κ3) is 3.32. The Morgan fingerprint density at radius 2 is 2.33 bits per heavy atom. The van der Waals surface area contributed by atoms with E-state index >= 15 is 0 Å². The zero-order valence-electron chi connectivity index (χ0n) is 7.28. The van der Waals surface area contributed by atoms with E-state index < -0.39 is 19.0 Å². The fourth-order valence-corrected chi connectivity index (χ4v) is 1.14. The maximum absolute atomic E-state index is 11.9. The number of aliphatic carboxylic acids is 1. The van der Waals surface area contributed by atoms with Gasteiger partial charge in [0, 0.05) is 12.3 Å². The molecule has 1 aromatic heterocycles. The molecular formula is C8H6ClF2NO3. The summed E-state index contributed by atoms with van der Waals surface area (Å²) in [5.74, 6) is -1.43. The lowest BCUT2D eigenvalue weighted by atomic mass is 10.2. The second-order valence-electron chi connectivity index (χ2n) is 2.52. The summed E-state index contributed by atoms with van der Waals surface area (Å²) in [5.41, 5.74) is -0.0117. The van der Waals surface area contributed by atoms with Crippen molar-refractivity contribution < 1.29 is 23.4 Å². The van der Waals surface area contributed by atoms with E-state index in [-0.39, 0.29) is 16.5 Å². The highest BCUT2D eigenvalue weighted by Crippen LogP contribution is 2.28. The molecule has 82 valence electrons. The lowest BCUT2D eigenvalue weighted by molar-refractivity contribution is -0.136. The number of rotatable bonds is 4. The predicted molar refractivity (Wildman–Crippen MR) is 47.2 cm³/mol. The molecule has 1 heterocycles. The minimum Gasteiger partial charge on any atom is -0.481 e. The van der Waals surface area contributed by atoms with E-state index in [1.165, 1.54) is 0 Å². The van der Waals surface area contributed by atoms with Gasteiger partial charge in [0.15, 0.2) is 0 Å². The number of aromatic nitrogens is 1. The van der Waals surface area contributed by atoms with Gasteiger partial charge in [-0.1, -0.05) is 11.6 Å². The number of nitrogens with zero attached hydrogens (tertiary/aromatic N) is 1. The quantitative estimate of drug-likeness (QED) is 0.870. The van der Waals surface area contributed by atoms with Gasteiger partial charge in [0.1, 0.15) is 10.8 Å². The van der Waals surface area contributed by atoms with Gasteiger partial charge in [-0.15, -0.1) is 0 Å². The van der Waals surface area contributed by atoms with Gasteiger partial charge < -0.3 is 9.84 Å². The molecule has 0 radical (unpaired) electrons. The first kappa shape index (κ1) is 11.6. The Kier molecular flexibility index (Phi) is 3.79. The maximum atomic E-state index is 11.9. The average Bonchev–Trinajstić information content (AvgIpc) is 2.10. The van der Waals surface area contributed by atoms with Crippen LogP contribution in [0, 0.1) is 0 Å². The molecule has 0 spiro atoms. The SMILES string of the molecule is O=C(O)Cc1nccc(OC(F)F)c1Cl. The molecule has 0 fully saturated rings. The molecule has 0 aromatic carbocycles. The molecule has 0 aliphatic heterocycles. The van der Waals surface area contributed by atoms with Crippen LogP contribution in [0.5, 0.6) is 5.75 Å². The van der Waals surface area contributed by atoms with E-state index in [4.69, 9.17) is 16.7 Å². The van der Waals surface area contributed by atoms with Gasteiger partial charge in [-0.2, -0.15) is 8.78 Å². The van der Waals surface area contributed by atoms with Crippen LogP contribution in [-0.4, -0.2) is 22.7 Å². The van der Waals surface area contributed by atoms with Crippen LogP contribution in [0.2, 0.25) is 5.02 Å². The van der Waals surface area contributed by atoms with Crippen LogP contribution in [0.15, 0.2) is 12.3 Å². The second kappa shape index (κ2) is 4.88. The molecule has 4 nitrogen and oxygen atoms in total. The molecule has 0 saturated heterocycles. The van der Waals surface area contributed by atoms with Gasteiger partial charge in [-0.05, 0) is 0 Å². The smallest absolute Gasteiger partial charge is 0.387 e. The first-order chi connectivity index (χ1) is 7.00.